The maximum absolute atomic E-state index is 11.7. The second-order valence-electron chi connectivity index (χ2n) is 4.65. The average Bonchev–Trinajstić information content (AvgIpc) is 2.52. The number of nitrogens with one attached hydrogen (secondary N) is 1. The van der Waals surface area contributed by atoms with Crippen molar-refractivity contribution >= 4 is 12.0 Å². The highest BCUT2D eigenvalue weighted by Gasteiger charge is 2.03. The fraction of sp³-hybridized carbons (Fsp3) is 0.118. The molecular formula is C17H17NO4. The molecule has 0 atom stereocenters. The predicted molar refractivity (Wildman–Crippen MR) is 83.6 cm³/mol. The van der Waals surface area contributed by atoms with Crippen molar-refractivity contribution in [1.29, 1.82) is 0 Å². The molecule has 0 saturated carbocycles. The van der Waals surface area contributed by atoms with Gasteiger partial charge in [0, 0.05) is 12.6 Å². The van der Waals surface area contributed by atoms with Crippen molar-refractivity contribution in [3.63, 3.8) is 0 Å². The summed E-state index contributed by atoms with van der Waals surface area (Å²) in [6.45, 7) is 0.302. The number of phenols is 2. The van der Waals surface area contributed by atoms with Crippen molar-refractivity contribution in [3.8, 4) is 17.2 Å². The molecule has 5 nitrogen and oxygen atoms in total. The van der Waals surface area contributed by atoms with Gasteiger partial charge in [-0.05, 0) is 41.5 Å². The molecule has 22 heavy (non-hydrogen) atoms. The van der Waals surface area contributed by atoms with Crippen LogP contribution >= 0.6 is 0 Å². The average molecular weight is 299 g/mol. The number of ether oxygens (including phenoxy) is 1. The molecule has 2 aromatic carbocycles. The molecule has 0 unspecified atom stereocenters. The van der Waals surface area contributed by atoms with Gasteiger partial charge in [-0.1, -0.05) is 18.2 Å². The lowest BCUT2D eigenvalue weighted by atomic mass is 10.2. The van der Waals surface area contributed by atoms with Crippen LogP contribution in [0.1, 0.15) is 11.1 Å². The Kier molecular flexibility index (Phi) is 5.03. The highest BCUT2D eigenvalue weighted by molar-refractivity contribution is 5.91. The molecule has 0 bridgehead atoms. The van der Waals surface area contributed by atoms with Crippen molar-refractivity contribution in [3.05, 3.63) is 59.7 Å². The van der Waals surface area contributed by atoms with E-state index < -0.39 is 0 Å². The molecule has 5 heteroatoms. The quantitative estimate of drug-likeness (QED) is 0.741. The first-order valence-electron chi connectivity index (χ1n) is 6.69. The third-order valence-corrected chi connectivity index (χ3v) is 3.03. The van der Waals surface area contributed by atoms with Crippen molar-refractivity contribution < 1.29 is 19.7 Å². The molecular weight excluding hydrogens is 282 g/mol. The molecule has 0 aromatic heterocycles. The van der Waals surface area contributed by atoms with Crippen LogP contribution in [-0.4, -0.2) is 23.2 Å². The topological polar surface area (TPSA) is 78.8 Å². The van der Waals surface area contributed by atoms with Gasteiger partial charge < -0.3 is 20.3 Å². The van der Waals surface area contributed by atoms with Gasteiger partial charge in [-0.2, -0.15) is 0 Å². The maximum Gasteiger partial charge on any atom is 0.244 e. The van der Waals surface area contributed by atoms with Crippen LogP contribution in [0.15, 0.2) is 48.5 Å². The van der Waals surface area contributed by atoms with Crippen molar-refractivity contribution in [2.75, 3.05) is 7.11 Å². The number of rotatable bonds is 5. The number of hydrogen-bond acceptors (Lipinski definition) is 4. The fourth-order valence-electron chi connectivity index (χ4n) is 1.85. The summed E-state index contributed by atoms with van der Waals surface area (Å²) in [7, 11) is 1.48. The molecule has 0 aliphatic heterocycles. The van der Waals surface area contributed by atoms with Crippen molar-refractivity contribution in [2.45, 2.75) is 6.54 Å². The first kappa shape index (κ1) is 15.4. The van der Waals surface area contributed by atoms with E-state index in [1.54, 1.807) is 48.5 Å². The molecule has 3 N–H and O–H groups in total. The van der Waals surface area contributed by atoms with Crippen LogP contribution in [0.5, 0.6) is 17.2 Å². The van der Waals surface area contributed by atoms with Crippen LogP contribution in [0.4, 0.5) is 0 Å². The third-order valence-electron chi connectivity index (χ3n) is 3.03. The number of benzene rings is 2. The summed E-state index contributed by atoms with van der Waals surface area (Å²) in [4.78, 5) is 11.7. The van der Waals surface area contributed by atoms with E-state index in [2.05, 4.69) is 5.32 Å². The number of carbonyl (C=O) groups is 1. The van der Waals surface area contributed by atoms with Gasteiger partial charge in [0.15, 0.2) is 11.5 Å². The second kappa shape index (κ2) is 7.17. The zero-order chi connectivity index (χ0) is 15.9. The first-order chi connectivity index (χ1) is 10.6. The van der Waals surface area contributed by atoms with Crippen molar-refractivity contribution in [2.24, 2.45) is 0 Å². The van der Waals surface area contributed by atoms with E-state index in [9.17, 15) is 15.0 Å². The number of methoxy groups -OCH3 is 1. The van der Waals surface area contributed by atoms with E-state index in [0.717, 1.165) is 11.1 Å². The lowest BCUT2D eigenvalue weighted by Crippen LogP contribution is -2.20. The Morgan fingerprint density at radius 3 is 2.55 bits per heavy atom. The summed E-state index contributed by atoms with van der Waals surface area (Å²) in [6, 6.07) is 11.5. The number of aromatic hydroxyl groups is 2. The third kappa shape index (κ3) is 4.28. The summed E-state index contributed by atoms with van der Waals surface area (Å²) >= 11 is 0. The summed E-state index contributed by atoms with van der Waals surface area (Å²) < 4.78 is 4.96. The largest absolute Gasteiger partial charge is 0.508 e. The molecule has 1 amide bonds. The Labute approximate surface area is 128 Å². The summed E-state index contributed by atoms with van der Waals surface area (Å²) in [5.74, 6) is 0.362. The Morgan fingerprint density at radius 1 is 1.18 bits per heavy atom. The monoisotopic (exact) mass is 299 g/mol. The Morgan fingerprint density at radius 2 is 1.91 bits per heavy atom. The molecule has 2 aromatic rings. The van der Waals surface area contributed by atoms with Crippen LogP contribution < -0.4 is 10.1 Å². The van der Waals surface area contributed by atoms with Gasteiger partial charge in [0.2, 0.25) is 5.91 Å². The Hall–Kier alpha value is -2.95. The Bertz CT molecular complexity index is 678. The minimum Gasteiger partial charge on any atom is -0.508 e. The minimum atomic E-state index is -0.247. The molecule has 0 spiro atoms. The fourth-order valence-corrected chi connectivity index (χ4v) is 1.85. The highest BCUT2D eigenvalue weighted by atomic mass is 16.5. The number of hydrogen-bond donors (Lipinski definition) is 3. The molecule has 0 heterocycles. The van der Waals surface area contributed by atoms with E-state index >= 15 is 0 Å². The molecule has 0 radical (unpaired) electrons. The number of amides is 1. The van der Waals surface area contributed by atoms with Crippen LogP contribution in [-0.2, 0) is 11.3 Å². The zero-order valence-electron chi connectivity index (χ0n) is 12.1. The van der Waals surface area contributed by atoms with Crippen LogP contribution in [0.3, 0.4) is 0 Å². The lowest BCUT2D eigenvalue weighted by Gasteiger charge is -2.06. The molecule has 0 fully saturated rings. The van der Waals surface area contributed by atoms with Crippen LogP contribution in [0, 0.1) is 0 Å². The Balaban J connectivity index is 1.90. The van der Waals surface area contributed by atoms with E-state index in [1.165, 1.54) is 13.2 Å². The first-order valence-corrected chi connectivity index (χ1v) is 6.69. The van der Waals surface area contributed by atoms with E-state index in [4.69, 9.17) is 4.74 Å². The van der Waals surface area contributed by atoms with Crippen LogP contribution in [0.2, 0.25) is 0 Å². The van der Waals surface area contributed by atoms with E-state index in [1.807, 2.05) is 0 Å². The standard InChI is InChI=1S/C17H17NO4/c1-22-16-8-4-13(10-15(16)20)11-18-17(21)9-5-12-2-6-14(19)7-3-12/h2-10,19-20H,11H2,1H3,(H,18,21)/b9-5+. The van der Waals surface area contributed by atoms with Crippen LogP contribution in [0.25, 0.3) is 6.08 Å². The SMILES string of the molecule is COc1ccc(CNC(=O)/C=C/c2ccc(O)cc2)cc1O. The molecule has 0 aliphatic carbocycles. The van der Waals surface area contributed by atoms with E-state index in [0.29, 0.717) is 12.3 Å². The molecule has 2 rings (SSSR count). The molecule has 0 aliphatic rings. The van der Waals surface area contributed by atoms with Crippen molar-refractivity contribution in [1.82, 2.24) is 5.32 Å². The number of carbonyl (C=O) groups excluding carboxylic acids is 1. The second-order valence-corrected chi connectivity index (χ2v) is 4.65. The highest BCUT2D eigenvalue weighted by Crippen LogP contribution is 2.26. The predicted octanol–water partition coefficient (Wildman–Crippen LogP) is 2.44. The van der Waals surface area contributed by atoms with Gasteiger partial charge in [-0.25, -0.2) is 0 Å². The summed E-state index contributed by atoms with van der Waals surface area (Å²) in [5, 5.41) is 21.5. The number of phenolic OH excluding ortho intramolecular Hbond substituents is 2. The van der Waals surface area contributed by atoms with E-state index in [-0.39, 0.29) is 17.4 Å². The van der Waals surface area contributed by atoms with Gasteiger partial charge in [-0.15, -0.1) is 0 Å². The smallest absolute Gasteiger partial charge is 0.244 e. The zero-order valence-corrected chi connectivity index (χ0v) is 12.1. The van der Waals surface area contributed by atoms with Gasteiger partial charge in [0.05, 0.1) is 7.11 Å². The summed E-state index contributed by atoms with van der Waals surface area (Å²) in [6.07, 6.45) is 3.07. The summed E-state index contributed by atoms with van der Waals surface area (Å²) in [5.41, 5.74) is 1.58. The minimum absolute atomic E-state index is 0.0360. The van der Waals surface area contributed by atoms with Gasteiger partial charge >= 0.3 is 0 Å². The lowest BCUT2D eigenvalue weighted by molar-refractivity contribution is -0.116. The maximum atomic E-state index is 11.7. The molecule has 114 valence electrons. The van der Waals surface area contributed by atoms with Gasteiger partial charge in [0.1, 0.15) is 5.75 Å². The van der Waals surface area contributed by atoms with Gasteiger partial charge in [0.25, 0.3) is 0 Å². The van der Waals surface area contributed by atoms with Gasteiger partial charge in [-0.3, -0.25) is 4.79 Å². The normalized spacial score (nSPS) is 10.6. The molecule has 0 saturated heterocycles.